The Morgan fingerprint density at radius 2 is 2.00 bits per heavy atom. The van der Waals surface area contributed by atoms with Gasteiger partial charge in [-0.1, -0.05) is 0 Å². The summed E-state index contributed by atoms with van der Waals surface area (Å²) < 4.78 is 0. The van der Waals surface area contributed by atoms with Crippen LogP contribution in [0, 0.1) is 0 Å². The summed E-state index contributed by atoms with van der Waals surface area (Å²) in [4.78, 5) is 14.3. The van der Waals surface area contributed by atoms with E-state index in [1.54, 1.807) is 0 Å². The van der Waals surface area contributed by atoms with Gasteiger partial charge in [0.15, 0.2) is 0 Å². The van der Waals surface area contributed by atoms with E-state index in [1.165, 1.54) is 12.1 Å². The SMILES string of the molecule is O=C1C=c2cc(O)cc(O)c2=N1. The fraction of sp³-hybridized carbons (Fsp3) is 0. The molecule has 2 rings (SSSR count). The highest BCUT2D eigenvalue weighted by Crippen LogP contribution is 2.09. The molecule has 0 spiro atoms. The van der Waals surface area contributed by atoms with Crippen molar-refractivity contribution in [3.63, 3.8) is 0 Å². The summed E-state index contributed by atoms with van der Waals surface area (Å²) in [6.07, 6.45) is 1.26. The van der Waals surface area contributed by atoms with E-state index >= 15 is 0 Å². The molecule has 1 aromatic carbocycles. The van der Waals surface area contributed by atoms with Crippen LogP contribution in [0.5, 0.6) is 11.5 Å². The van der Waals surface area contributed by atoms with Crippen molar-refractivity contribution in [2.24, 2.45) is 4.99 Å². The highest BCUT2D eigenvalue weighted by atomic mass is 16.3. The predicted octanol–water partition coefficient (Wildman–Crippen LogP) is -0.962. The molecule has 0 aliphatic carbocycles. The van der Waals surface area contributed by atoms with Crippen LogP contribution >= 0.6 is 0 Å². The van der Waals surface area contributed by atoms with Crippen LogP contribution in [0.3, 0.4) is 0 Å². The van der Waals surface area contributed by atoms with Gasteiger partial charge in [0.2, 0.25) is 0 Å². The molecule has 4 heteroatoms. The van der Waals surface area contributed by atoms with Gasteiger partial charge in [-0.05, 0) is 6.07 Å². The smallest absolute Gasteiger partial charge is 0.271 e. The lowest BCUT2D eigenvalue weighted by Crippen LogP contribution is -2.20. The summed E-state index contributed by atoms with van der Waals surface area (Å²) in [5.41, 5.74) is 0. The van der Waals surface area contributed by atoms with Gasteiger partial charge in [0.05, 0.1) is 0 Å². The third-order valence-corrected chi connectivity index (χ3v) is 1.61. The summed E-state index contributed by atoms with van der Waals surface area (Å²) in [6.45, 7) is 0. The van der Waals surface area contributed by atoms with Crippen molar-refractivity contribution in [3.05, 3.63) is 22.7 Å². The lowest BCUT2D eigenvalue weighted by molar-refractivity contribution is -0.112. The second kappa shape index (κ2) is 2.07. The van der Waals surface area contributed by atoms with Gasteiger partial charge in [-0.3, -0.25) is 4.79 Å². The molecule has 1 aliphatic rings. The quantitative estimate of drug-likeness (QED) is 0.517. The molecule has 1 aliphatic heterocycles. The van der Waals surface area contributed by atoms with Gasteiger partial charge in [0.25, 0.3) is 5.91 Å². The predicted molar refractivity (Wildman–Crippen MR) is 40.0 cm³/mol. The normalized spacial score (nSPS) is 13.5. The van der Waals surface area contributed by atoms with Crippen molar-refractivity contribution in [1.82, 2.24) is 0 Å². The zero-order valence-corrected chi connectivity index (χ0v) is 5.98. The van der Waals surface area contributed by atoms with Crippen LogP contribution in [-0.2, 0) is 4.79 Å². The molecule has 4 nitrogen and oxygen atoms in total. The van der Waals surface area contributed by atoms with Crippen LogP contribution in [0.15, 0.2) is 17.1 Å². The van der Waals surface area contributed by atoms with E-state index in [0.717, 1.165) is 6.07 Å². The Morgan fingerprint density at radius 1 is 1.25 bits per heavy atom. The largest absolute Gasteiger partial charge is 0.508 e. The minimum Gasteiger partial charge on any atom is -0.508 e. The number of fused-ring (bicyclic) bond motifs is 1. The van der Waals surface area contributed by atoms with Gasteiger partial charge in [-0.25, -0.2) is 4.99 Å². The summed E-state index contributed by atoms with van der Waals surface area (Å²) in [5.74, 6) is -0.662. The van der Waals surface area contributed by atoms with Crippen LogP contribution in [0.1, 0.15) is 0 Å². The highest BCUT2D eigenvalue weighted by molar-refractivity contribution is 6.06. The standard InChI is InChI=1S/C8H5NO3/c10-5-1-4-2-7(12)9-8(4)6(11)3-5/h1-3,10-11H. The Balaban J connectivity index is 2.95. The maximum Gasteiger partial charge on any atom is 0.271 e. The van der Waals surface area contributed by atoms with E-state index in [1.807, 2.05) is 0 Å². The van der Waals surface area contributed by atoms with Crippen molar-refractivity contribution >= 4 is 12.0 Å². The van der Waals surface area contributed by atoms with Crippen LogP contribution in [0.25, 0.3) is 6.08 Å². The molecule has 0 saturated heterocycles. The molecule has 0 bridgehead atoms. The number of phenols is 2. The second-order valence-electron chi connectivity index (χ2n) is 2.50. The second-order valence-corrected chi connectivity index (χ2v) is 2.50. The maximum absolute atomic E-state index is 10.7. The molecule has 1 amide bonds. The van der Waals surface area contributed by atoms with Gasteiger partial charge in [-0.15, -0.1) is 0 Å². The Labute approximate surface area is 67.1 Å². The number of hydrogen-bond acceptors (Lipinski definition) is 3. The zero-order chi connectivity index (χ0) is 8.72. The first kappa shape index (κ1) is 6.84. The monoisotopic (exact) mass is 163 g/mol. The number of phenolic OH excluding ortho intramolecular Hbond substituents is 2. The van der Waals surface area contributed by atoms with Crippen LogP contribution in [-0.4, -0.2) is 16.1 Å². The number of carbonyl (C=O) groups is 1. The Kier molecular flexibility index (Phi) is 1.18. The molecule has 0 aromatic heterocycles. The number of carbonyl (C=O) groups excluding carboxylic acids is 1. The van der Waals surface area contributed by atoms with E-state index in [0.29, 0.717) is 5.22 Å². The van der Waals surface area contributed by atoms with Crippen molar-refractivity contribution in [2.45, 2.75) is 0 Å². The van der Waals surface area contributed by atoms with Gasteiger partial charge >= 0.3 is 0 Å². The van der Waals surface area contributed by atoms with E-state index < -0.39 is 5.91 Å². The van der Waals surface area contributed by atoms with E-state index in [2.05, 4.69) is 4.99 Å². The Morgan fingerprint density at radius 3 is 2.75 bits per heavy atom. The number of hydrogen-bond donors (Lipinski definition) is 2. The minimum atomic E-state index is -0.411. The molecule has 0 fully saturated rings. The molecule has 0 radical (unpaired) electrons. The first-order valence-corrected chi connectivity index (χ1v) is 3.33. The number of aromatic hydroxyl groups is 2. The molecule has 0 saturated carbocycles. The van der Waals surface area contributed by atoms with Crippen molar-refractivity contribution in [2.75, 3.05) is 0 Å². The summed E-state index contributed by atoms with van der Waals surface area (Å²) >= 11 is 0. The van der Waals surface area contributed by atoms with Crippen LogP contribution < -0.4 is 10.6 Å². The third-order valence-electron chi connectivity index (χ3n) is 1.61. The highest BCUT2D eigenvalue weighted by Gasteiger charge is 2.07. The molecular formula is C8H5NO3. The number of benzene rings is 1. The third kappa shape index (κ3) is 0.852. The lowest BCUT2D eigenvalue weighted by atomic mass is 10.2. The number of rotatable bonds is 0. The van der Waals surface area contributed by atoms with Crippen molar-refractivity contribution in [3.8, 4) is 11.5 Å². The first-order chi connectivity index (χ1) is 5.66. The average Bonchev–Trinajstić information content (AvgIpc) is 2.29. The summed E-state index contributed by atoms with van der Waals surface area (Å²) in [5, 5.41) is 18.9. The molecular weight excluding hydrogens is 158 g/mol. The average molecular weight is 163 g/mol. The summed E-state index contributed by atoms with van der Waals surface area (Å²) in [7, 11) is 0. The van der Waals surface area contributed by atoms with Crippen LogP contribution in [0.2, 0.25) is 0 Å². The molecule has 0 atom stereocenters. The maximum atomic E-state index is 10.7. The lowest BCUT2D eigenvalue weighted by Gasteiger charge is -1.92. The number of amides is 1. The Hall–Kier alpha value is -1.84. The molecule has 12 heavy (non-hydrogen) atoms. The molecule has 2 N–H and O–H groups in total. The zero-order valence-electron chi connectivity index (χ0n) is 5.98. The van der Waals surface area contributed by atoms with Crippen molar-refractivity contribution < 1.29 is 15.0 Å². The Bertz CT molecular complexity index is 476. The molecule has 1 aromatic rings. The fourth-order valence-electron chi connectivity index (χ4n) is 1.13. The van der Waals surface area contributed by atoms with Gasteiger partial charge < -0.3 is 10.2 Å². The molecule has 1 heterocycles. The fourth-order valence-corrected chi connectivity index (χ4v) is 1.13. The van der Waals surface area contributed by atoms with E-state index in [4.69, 9.17) is 5.11 Å². The molecule has 60 valence electrons. The number of nitrogens with zero attached hydrogens (tertiary/aromatic N) is 1. The van der Waals surface area contributed by atoms with E-state index in [-0.39, 0.29) is 16.9 Å². The van der Waals surface area contributed by atoms with Gasteiger partial charge in [0, 0.05) is 17.4 Å². The van der Waals surface area contributed by atoms with Gasteiger partial charge in [0.1, 0.15) is 16.9 Å². The van der Waals surface area contributed by atoms with Crippen LogP contribution in [0.4, 0.5) is 0 Å². The van der Waals surface area contributed by atoms with Crippen molar-refractivity contribution in [1.29, 1.82) is 0 Å². The molecule has 0 unspecified atom stereocenters. The van der Waals surface area contributed by atoms with Gasteiger partial charge in [-0.2, -0.15) is 0 Å². The minimum absolute atomic E-state index is 0.0765. The topological polar surface area (TPSA) is 69.9 Å². The van der Waals surface area contributed by atoms with E-state index in [9.17, 15) is 9.90 Å². The summed E-state index contributed by atoms with van der Waals surface area (Å²) in [6, 6.07) is 2.53. The first-order valence-electron chi connectivity index (χ1n) is 3.33.